The second-order valence-electron chi connectivity index (χ2n) is 3.75. The van der Waals surface area contributed by atoms with Crippen LogP contribution in [0.25, 0.3) is 0 Å². The number of nitrogens with two attached hydrogens (primary N) is 1. The van der Waals surface area contributed by atoms with Gasteiger partial charge in [0, 0.05) is 19.6 Å². The lowest BCUT2D eigenvalue weighted by Crippen LogP contribution is -2.38. The van der Waals surface area contributed by atoms with Crippen LogP contribution in [-0.2, 0) is 4.79 Å². The van der Waals surface area contributed by atoms with Gasteiger partial charge in [-0.15, -0.1) is 0 Å². The van der Waals surface area contributed by atoms with Crippen LogP contribution in [0.2, 0.25) is 0 Å². The van der Waals surface area contributed by atoms with Crippen molar-refractivity contribution in [1.29, 1.82) is 0 Å². The summed E-state index contributed by atoms with van der Waals surface area (Å²) < 4.78 is 0. The Hall–Kier alpha value is -1.39. The van der Waals surface area contributed by atoms with Crippen molar-refractivity contribution >= 4 is 5.91 Å². The molecule has 0 fully saturated rings. The van der Waals surface area contributed by atoms with Gasteiger partial charge >= 0.3 is 0 Å². The van der Waals surface area contributed by atoms with Crippen LogP contribution in [0.1, 0.15) is 11.6 Å². The van der Waals surface area contributed by atoms with E-state index < -0.39 is 0 Å². The Kier molecular flexibility index (Phi) is 4.95. The maximum atomic E-state index is 11.3. The number of carbonyl (C=O) groups is 1. The topological polar surface area (TPSA) is 58.4 Å². The van der Waals surface area contributed by atoms with Crippen LogP contribution >= 0.6 is 0 Å². The fourth-order valence-electron chi connectivity index (χ4n) is 1.66. The zero-order valence-electron chi connectivity index (χ0n) is 9.81. The van der Waals surface area contributed by atoms with E-state index in [-0.39, 0.29) is 11.9 Å². The molecule has 0 heterocycles. The van der Waals surface area contributed by atoms with Gasteiger partial charge in [-0.2, -0.15) is 0 Å². The van der Waals surface area contributed by atoms with E-state index in [4.69, 9.17) is 5.73 Å². The molecule has 1 aromatic rings. The lowest BCUT2D eigenvalue weighted by Gasteiger charge is -2.26. The molecule has 0 aliphatic heterocycles. The summed E-state index contributed by atoms with van der Waals surface area (Å²) in [6.45, 7) is 0.852. The molecule has 0 radical (unpaired) electrons. The van der Waals surface area contributed by atoms with E-state index in [1.165, 1.54) is 0 Å². The van der Waals surface area contributed by atoms with Gasteiger partial charge in [0.15, 0.2) is 0 Å². The number of hydrogen-bond donors (Lipinski definition) is 2. The van der Waals surface area contributed by atoms with E-state index in [9.17, 15) is 4.79 Å². The van der Waals surface area contributed by atoms with Gasteiger partial charge < -0.3 is 11.1 Å². The molecule has 1 aromatic carbocycles. The Morgan fingerprint density at radius 1 is 1.44 bits per heavy atom. The average Bonchev–Trinajstić information content (AvgIpc) is 2.31. The molecular weight excluding hydrogens is 202 g/mol. The highest BCUT2D eigenvalue weighted by Crippen LogP contribution is 2.16. The molecule has 4 heteroatoms. The van der Waals surface area contributed by atoms with E-state index in [1.807, 2.05) is 42.3 Å². The summed E-state index contributed by atoms with van der Waals surface area (Å²) in [7, 11) is 3.54. The molecule has 1 rings (SSSR count). The van der Waals surface area contributed by atoms with Gasteiger partial charge in [-0.05, 0) is 12.6 Å². The van der Waals surface area contributed by atoms with Crippen molar-refractivity contribution in [2.45, 2.75) is 6.04 Å². The van der Waals surface area contributed by atoms with E-state index in [0.717, 1.165) is 5.56 Å². The first-order valence-electron chi connectivity index (χ1n) is 5.35. The number of likely N-dealkylation sites (N-methyl/N-ethyl adjacent to an activating group) is 2. The third-order valence-electron chi connectivity index (χ3n) is 2.61. The van der Waals surface area contributed by atoms with E-state index >= 15 is 0 Å². The first kappa shape index (κ1) is 12.7. The second-order valence-corrected chi connectivity index (χ2v) is 3.75. The van der Waals surface area contributed by atoms with Crippen molar-refractivity contribution in [1.82, 2.24) is 10.2 Å². The fourth-order valence-corrected chi connectivity index (χ4v) is 1.66. The third kappa shape index (κ3) is 3.32. The van der Waals surface area contributed by atoms with E-state index in [0.29, 0.717) is 13.1 Å². The highest BCUT2D eigenvalue weighted by Gasteiger charge is 2.16. The molecule has 0 aliphatic carbocycles. The Bertz CT molecular complexity index is 326. The maximum absolute atomic E-state index is 11.3. The summed E-state index contributed by atoms with van der Waals surface area (Å²) in [4.78, 5) is 13.2. The van der Waals surface area contributed by atoms with Crippen LogP contribution in [0.3, 0.4) is 0 Å². The van der Waals surface area contributed by atoms with Crippen molar-refractivity contribution < 1.29 is 4.79 Å². The van der Waals surface area contributed by atoms with Crippen molar-refractivity contribution in [3.8, 4) is 0 Å². The van der Waals surface area contributed by atoms with Crippen molar-refractivity contribution in [2.75, 3.05) is 27.2 Å². The Labute approximate surface area is 96.4 Å². The van der Waals surface area contributed by atoms with Gasteiger partial charge in [0.1, 0.15) is 0 Å². The summed E-state index contributed by atoms with van der Waals surface area (Å²) in [5, 5.41) is 2.60. The highest BCUT2D eigenvalue weighted by atomic mass is 16.1. The van der Waals surface area contributed by atoms with Gasteiger partial charge in [-0.1, -0.05) is 30.3 Å². The Balaban J connectivity index is 2.71. The summed E-state index contributed by atoms with van der Waals surface area (Å²) in [6.07, 6.45) is 0. The quantitative estimate of drug-likeness (QED) is 0.755. The zero-order chi connectivity index (χ0) is 12.0. The third-order valence-corrected chi connectivity index (χ3v) is 2.61. The molecule has 1 amide bonds. The highest BCUT2D eigenvalue weighted by molar-refractivity contribution is 5.77. The summed E-state index contributed by atoms with van der Waals surface area (Å²) in [6, 6.07) is 10.1. The van der Waals surface area contributed by atoms with Crippen molar-refractivity contribution in [3.05, 3.63) is 35.9 Å². The molecule has 3 N–H and O–H groups in total. The second kappa shape index (κ2) is 6.25. The molecule has 16 heavy (non-hydrogen) atoms. The van der Waals surface area contributed by atoms with Crippen LogP contribution in [0.4, 0.5) is 0 Å². The van der Waals surface area contributed by atoms with Crippen LogP contribution in [0, 0.1) is 0 Å². The first-order valence-corrected chi connectivity index (χ1v) is 5.35. The summed E-state index contributed by atoms with van der Waals surface area (Å²) in [5.41, 5.74) is 6.89. The zero-order valence-corrected chi connectivity index (χ0v) is 9.81. The van der Waals surface area contributed by atoms with Gasteiger partial charge in [0.05, 0.1) is 6.54 Å². The minimum Gasteiger partial charge on any atom is -0.358 e. The predicted octanol–water partition coefficient (Wildman–Crippen LogP) is 0.364. The number of carbonyl (C=O) groups excluding carboxylic acids is 1. The van der Waals surface area contributed by atoms with Crippen molar-refractivity contribution in [2.24, 2.45) is 5.73 Å². The average molecular weight is 221 g/mol. The molecule has 0 aromatic heterocycles. The number of rotatable bonds is 5. The SMILES string of the molecule is CNC(=O)CN(C)C(CN)c1ccccc1. The van der Waals surface area contributed by atoms with E-state index in [1.54, 1.807) is 7.05 Å². The minimum atomic E-state index is -0.00289. The number of nitrogens with one attached hydrogen (secondary N) is 1. The molecule has 1 atom stereocenters. The van der Waals surface area contributed by atoms with Crippen LogP contribution in [-0.4, -0.2) is 38.0 Å². The van der Waals surface area contributed by atoms with Gasteiger partial charge in [0.2, 0.25) is 5.91 Å². The first-order chi connectivity index (χ1) is 7.69. The van der Waals surface area contributed by atoms with Crippen LogP contribution in [0.5, 0.6) is 0 Å². The van der Waals surface area contributed by atoms with Crippen LogP contribution in [0.15, 0.2) is 30.3 Å². The number of hydrogen-bond acceptors (Lipinski definition) is 3. The minimum absolute atomic E-state index is 0.00289. The summed E-state index contributed by atoms with van der Waals surface area (Å²) in [5.74, 6) is -0.00289. The monoisotopic (exact) mass is 221 g/mol. The molecule has 1 unspecified atom stereocenters. The molecular formula is C12H19N3O. The number of benzene rings is 1. The smallest absolute Gasteiger partial charge is 0.233 e. The maximum Gasteiger partial charge on any atom is 0.233 e. The number of nitrogens with zero attached hydrogens (tertiary/aromatic N) is 1. The molecule has 88 valence electrons. The molecule has 0 aliphatic rings. The largest absolute Gasteiger partial charge is 0.358 e. The lowest BCUT2D eigenvalue weighted by molar-refractivity contribution is -0.121. The van der Waals surface area contributed by atoms with E-state index in [2.05, 4.69) is 5.32 Å². The van der Waals surface area contributed by atoms with Crippen LogP contribution < -0.4 is 11.1 Å². The van der Waals surface area contributed by atoms with Gasteiger partial charge in [0.25, 0.3) is 0 Å². The molecule has 0 saturated carbocycles. The normalized spacial score (nSPS) is 12.5. The van der Waals surface area contributed by atoms with Crippen molar-refractivity contribution in [3.63, 3.8) is 0 Å². The predicted molar refractivity (Wildman–Crippen MR) is 64.9 cm³/mol. The van der Waals surface area contributed by atoms with Gasteiger partial charge in [-0.3, -0.25) is 9.69 Å². The number of amides is 1. The molecule has 0 spiro atoms. The Morgan fingerprint density at radius 2 is 2.06 bits per heavy atom. The summed E-state index contributed by atoms with van der Waals surface area (Å²) >= 11 is 0. The fraction of sp³-hybridized carbons (Fsp3) is 0.417. The molecule has 4 nitrogen and oxygen atoms in total. The molecule has 0 bridgehead atoms. The molecule has 0 saturated heterocycles. The lowest BCUT2D eigenvalue weighted by atomic mass is 10.1. The Morgan fingerprint density at radius 3 is 2.56 bits per heavy atom. The van der Waals surface area contributed by atoms with Gasteiger partial charge in [-0.25, -0.2) is 0 Å². The standard InChI is InChI=1S/C12H19N3O/c1-14-12(16)9-15(2)11(8-13)10-6-4-3-5-7-10/h3-7,11H,8-9,13H2,1-2H3,(H,14,16).